The van der Waals surface area contributed by atoms with Crippen LogP contribution in [0.4, 0.5) is 0 Å². The fourth-order valence-electron chi connectivity index (χ4n) is 15.5. The van der Waals surface area contributed by atoms with Crippen LogP contribution in [0, 0.1) is 64.2 Å². The topological polar surface area (TPSA) is 93.1 Å². The summed E-state index contributed by atoms with van der Waals surface area (Å²) >= 11 is 0. The number of fused-ring (bicyclic) bond motifs is 12. The summed E-state index contributed by atoms with van der Waals surface area (Å²) in [6, 6.07) is 101. The van der Waals surface area contributed by atoms with Crippen LogP contribution in [-0.2, 0) is 0 Å². The third-order valence-corrected chi connectivity index (χ3v) is 19.9. The van der Waals surface area contributed by atoms with Crippen LogP contribution in [0.3, 0.4) is 0 Å². The number of hydrogen-bond donors (Lipinski definition) is 0. The van der Waals surface area contributed by atoms with Gasteiger partial charge in [0.15, 0.2) is 0 Å². The van der Waals surface area contributed by atoms with Crippen LogP contribution in [-0.4, -0.2) is 28.2 Å². The highest BCUT2D eigenvalue weighted by Gasteiger charge is 2.27. The molecule has 0 unspecified atom stereocenters. The molecule has 0 N–H and O–H groups in total. The molecule has 0 fully saturated rings. The van der Waals surface area contributed by atoms with E-state index in [9.17, 15) is 10.5 Å². The SMILES string of the molecule is Cc1ccc2c3ccccc3n(-c3cc(-c4cc(C)nc(C)c4)cc(-n4c5ccc(-c6ccc7c(c6)c6ccc(C)cc6n7-c6cc(-c7cc(-c8ccccc8)nc(-c8ccccc8)c7)cc(-n7c8ccccc8c8ccc(C)cc87)c6C#N)cc5c5ccc(C)cc54)c3C#N)c2c1. The van der Waals surface area contributed by atoms with Crippen LogP contribution in [0.1, 0.15) is 44.8 Å². The maximum Gasteiger partial charge on any atom is 0.104 e. The maximum absolute atomic E-state index is 12.0. The van der Waals surface area contributed by atoms with Crippen LogP contribution in [0.15, 0.2) is 267 Å². The number of rotatable bonds is 9. The number of aryl methyl sites for hydroxylation is 6. The standard InChI is InChI=1S/C90H62N8/c1-53-25-31-69-67-21-13-15-23-79(67)95(83(69)37-53)87-47-65(63-41-57(5)93-58(6)42-63)48-89(75(87)51-91)97-81-35-29-61(43-73(81)71-33-27-55(3)39-85(71)97)62-30-36-82-74(44-62)72-34-28-56(4)40-86(72)98(82)90-50-66(64-45-77(59-17-9-7-10-18-59)94-78(46-64)60-19-11-8-12-20-60)49-88(76(90)52-92)96-80-24-16-14-22-68(80)70-32-26-54(2)38-84(70)96/h7-50H,1-6H3. The van der Waals surface area contributed by atoms with E-state index in [1.165, 1.54) is 0 Å². The third-order valence-electron chi connectivity index (χ3n) is 19.9. The fourth-order valence-corrected chi connectivity index (χ4v) is 15.5. The van der Waals surface area contributed by atoms with Gasteiger partial charge in [0.1, 0.15) is 23.3 Å². The number of nitrogens with zero attached hydrogens (tertiary/aromatic N) is 8. The highest BCUT2D eigenvalue weighted by molar-refractivity contribution is 6.15. The number of nitriles is 2. The van der Waals surface area contributed by atoms with Crippen molar-refractivity contribution in [2.75, 3.05) is 0 Å². The molecule has 6 aromatic heterocycles. The van der Waals surface area contributed by atoms with Crippen molar-refractivity contribution >= 4 is 87.2 Å². The summed E-state index contributed by atoms with van der Waals surface area (Å²) < 4.78 is 9.24. The predicted molar refractivity (Wildman–Crippen MR) is 404 cm³/mol. The average Bonchev–Trinajstić information content (AvgIpc) is 1.56. The second-order valence-corrected chi connectivity index (χ2v) is 26.4. The van der Waals surface area contributed by atoms with Crippen LogP contribution in [0.5, 0.6) is 0 Å². The van der Waals surface area contributed by atoms with E-state index in [1.807, 2.05) is 26.0 Å². The molecular formula is C90H62N8. The molecule has 0 bridgehead atoms. The molecule has 0 atom stereocenters. The molecule has 18 aromatic rings. The fraction of sp³-hybridized carbons (Fsp3) is 0.0667. The lowest BCUT2D eigenvalue weighted by atomic mass is 9.97. The predicted octanol–water partition coefficient (Wildman–Crippen LogP) is 22.8. The Morgan fingerprint density at radius 3 is 0.908 bits per heavy atom. The van der Waals surface area contributed by atoms with E-state index in [0.29, 0.717) is 11.1 Å². The molecule has 0 saturated carbocycles. The molecule has 0 aliphatic carbocycles. The van der Waals surface area contributed by atoms with E-state index < -0.39 is 0 Å². The van der Waals surface area contributed by atoms with Gasteiger partial charge in [0.2, 0.25) is 0 Å². The zero-order chi connectivity index (χ0) is 66.2. The molecule has 0 spiro atoms. The van der Waals surface area contributed by atoms with Gasteiger partial charge in [-0.15, -0.1) is 0 Å². The third kappa shape index (κ3) is 9.18. The van der Waals surface area contributed by atoms with Gasteiger partial charge < -0.3 is 18.3 Å². The Morgan fingerprint density at radius 1 is 0.235 bits per heavy atom. The second-order valence-electron chi connectivity index (χ2n) is 26.4. The molecular weight excluding hydrogens is 1190 g/mol. The summed E-state index contributed by atoms with van der Waals surface area (Å²) in [7, 11) is 0. The van der Waals surface area contributed by atoms with Gasteiger partial charge >= 0.3 is 0 Å². The molecule has 0 aliphatic rings. The largest absolute Gasteiger partial charge is 0.308 e. The van der Waals surface area contributed by atoms with Gasteiger partial charge in [0, 0.05) is 65.6 Å². The van der Waals surface area contributed by atoms with Gasteiger partial charge in [-0.2, -0.15) is 10.5 Å². The van der Waals surface area contributed by atoms with E-state index in [1.54, 1.807) is 0 Å². The molecule has 8 heteroatoms. The van der Waals surface area contributed by atoms with Gasteiger partial charge in [0.05, 0.1) is 78.3 Å². The van der Waals surface area contributed by atoms with Crippen molar-refractivity contribution in [3.8, 4) is 90.8 Å². The van der Waals surface area contributed by atoms with Crippen LogP contribution < -0.4 is 0 Å². The summed E-state index contributed by atoms with van der Waals surface area (Å²) in [5, 5.41) is 32.6. The molecule has 0 radical (unpaired) electrons. The summed E-state index contributed by atoms with van der Waals surface area (Å²) in [6.07, 6.45) is 0. The Balaban J connectivity index is 0.864. The quantitative estimate of drug-likeness (QED) is 0.144. The highest BCUT2D eigenvalue weighted by atomic mass is 15.0. The minimum atomic E-state index is 0.549. The van der Waals surface area contributed by atoms with E-state index in [4.69, 9.17) is 9.97 Å². The first-order chi connectivity index (χ1) is 47.9. The van der Waals surface area contributed by atoms with Crippen LogP contribution in [0.25, 0.3) is 166 Å². The van der Waals surface area contributed by atoms with Crippen molar-refractivity contribution < 1.29 is 0 Å². The Bertz CT molecular complexity index is 6440. The minimum Gasteiger partial charge on any atom is -0.308 e. The highest BCUT2D eigenvalue weighted by Crippen LogP contribution is 2.46. The van der Waals surface area contributed by atoms with Gasteiger partial charge in [-0.3, -0.25) is 4.98 Å². The first-order valence-corrected chi connectivity index (χ1v) is 33.3. The van der Waals surface area contributed by atoms with Gasteiger partial charge in [0.25, 0.3) is 0 Å². The number of para-hydroxylation sites is 2. The van der Waals surface area contributed by atoms with Crippen molar-refractivity contribution in [1.82, 2.24) is 28.2 Å². The summed E-state index contributed by atoms with van der Waals surface area (Å²) in [5.74, 6) is 0. The Labute approximate surface area is 566 Å². The van der Waals surface area contributed by atoms with Crippen LogP contribution >= 0.6 is 0 Å². The Kier molecular flexibility index (Phi) is 13.2. The van der Waals surface area contributed by atoms with Crippen molar-refractivity contribution in [2.45, 2.75) is 41.5 Å². The number of benzene rings is 12. The molecule has 12 aromatic carbocycles. The molecule has 18 rings (SSSR count). The van der Waals surface area contributed by atoms with Crippen LogP contribution in [0.2, 0.25) is 0 Å². The monoisotopic (exact) mass is 1250 g/mol. The summed E-state index contributed by atoms with van der Waals surface area (Å²) in [5.41, 5.74) is 28.5. The van der Waals surface area contributed by atoms with Crippen molar-refractivity contribution in [3.63, 3.8) is 0 Å². The van der Waals surface area contributed by atoms with Crippen molar-refractivity contribution in [1.29, 1.82) is 10.5 Å². The first-order valence-electron chi connectivity index (χ1n) is 33.3. The molecule has 0 aliphatic heterocycles. The first kappa shape index (κ1) is 57.8. The van der Waals surface area contributed by atoms with Crippen molar-refractivity contribution in [3.05, 3.63) is 312 Å². The lowest BCUT2D eigenvalue weighted by Crippen LogP contribution is -2.05. The molecule has 6 heterocycles. The molecule has 462 valence electrons. The lowest BCUT2D eigenvalue weighted by Gasteiger charge is -2.19. The summed E-state index contributed by atoms with van der Waals surface area (Å²) in [4.78, 5) is 10.1. The zero-order valence-electron chi connectivity index (χ0n) is 55.0. The lowest BCUT2D eigenvalue weighted by molar-refractivity contribution is 1.11. The normalized spacial score (nSPS) is 11.8. The number of aromatic nitrogens is 6. The molecule has 98 heavy (non-hydrogen) atoms. The van der Waals surface area contributed by atoms with Gasteiger partial charge in [-0.05, 0) is 206 Å². The zero-order valence-corrected chi connectivity index (χ0v) is 55.0. The minimum absolute atomic E-state index is 0.549. The van der Waals surface area contributed by atoms with E-state index >= 15 is 0 Å². The number of hydrogen-bond acceptors (Lipinski definition) is 4. The smallest absolute Gasteiger partial charge is 0.104 e. The number of pyridine rings is 2. The maximum atomic E-state index is 12.0. The summed E-state index contributed by atoms with van der Waals surface area (Å²) in [6.45, 7) is 12.6. The molecule has 0 saturated heterocycles. The van der Waals surface area contributed by atoms with Gasteiger partial charge in [-0.25, -0.2) is 4.98 Å². The Hall–Kier alpha value is -12.9. The van der Waals surface area contributed by atoms with Crippen molar-refractivity contribution in [2.24, 2.45) is 0 Å². The van der Waals surface area contributed by atoms with E-state index in [0.717, 1.165) is 200 Å². The molecule has 8 nitrogen and oxygen atoms in total. The van der Waals surface area contributed by atoms with E-state index in [-0.39, 0.29) is 0 Å². The van der Waals surface area contributed by atoms with E-state index in [2.05, 4.69) is 313 Å². The average molecular weight is 1260 g/mol. The van der Waals surface area contributed by atoms with Gasteiger partial charge in [-0.1, -0.05) is 158 Å². The Morgan fingerprint density at radius 2 is 0.541 bits per heavy atom. The molecule has 0 amide bonds. The second kappa shape index (κ2) is 22.4.